The lowest BCUT2D eigenvalue weighted by molar-refractivity contribution is -0.143. The van der Waals surface area contributed by atoms with E-state index in [9.17, 15) is 13.2 Å². The minimum absolute atomic E-state index is 0.208. The molecule has 1 rings (SSSR count). The van der Waals surface area contributed by atoms with Crippen molar-refractivity contribution in [2.45, 2.75) is 13.3 Å². The van der Waals surface area contributed by atoms with E-state index in [1.165, 1.54) is 0 Å². The number of carbonyl (C=O) groups is 1. The molecule has 0 saturated carbocycles. The summed E-state index contributed by atoms with van der Waals surface area (Å²) in [5, 5.41) is 0. The van der Waals surface area contributed by atoms with Crippen LogP contribution in [0.3, 0.4) is 0 Å². The smallest absolute Gasteiger partial charge is 0.309 e. The first kappa shape index (κ1) is 14.2. The van der Waals surface area contributed by atoms with Crippen LogP contribution in [-0.2, 0) is 19.4 Å². The molecular formula is C11H19NO4S. The van der Waals surface area contributed by atoms with Crippen LogP contribution in [0.5, 0.6) is 0 Å². The number of allylic oxidation sites excluding steroid dienone is 1. The largest absolute Gasteiger partial charge is 0.464 e. The average molecular weight is 261 g/mol. The second kappa shape index (κ2) is 6.76. The Hall–Kier alpha value is -0.880. The minimum Gasteiger partial charge on any atom is -0.464 e. The fourth-order valence-electron chi connectivity index (χ4n) is 1.54. The van der Waals surface area contributed by atoms with Crippen molar-refractivity contribution < 1.29 is 17.9 Å². The van der Waals surface area contributed by atoms with Crippen LogP contribution in [0, 0.1) is 0 Å². The van der Waals surface area contributed by atoms with Gasteiger partial charge in [-0.2, -0.15) is 0 Å². The van der Waals surface area contributed by atoms with Crippen molar-refractivity contribution in [1.29, 1.82) is 0 Å². The molecule has 0 radical (unpaired) electrons. The zero-order chi connectivity index (χ0) is 12.7. The maximum absolute atomic E-state index is 11.2. The van der Waals surface area contributed by atoms with Gasteiger partial charge < -0.3 is 4.74 Å². The Labute approximate surface area is 102 Å². The number of hydrogen-bond acceptors (Lipinski definition) is 5. The van der Waals surface area contributed by atoms with Crippen LogP contribution >= 0.6 is 0 Å². The first-order valence-corrected chi connectivity index (χ1v) is 7.55. The molecule has 5 nitrogen and oxygen atoms in total. The first-order chi connectivity index (χ1) is 8.03. The Morgan fingerprint density at radius 2 is 2.00 bits per heavy atom. The van der Waals surface area contributed by atoms with Gasteiger partial charge in [-0.15, -0.1) is 0 Å². The van der Waals surface area contributed by atoms with Gasteiger partial charge in [-0.3, -0.25) is 9.69 Å². The van der Waals surface area contributed by atoms with E-state index in [4.69, 9.17) is 4.74 Å². The molecule has 1 saturated heterocycles. The summed E-state index contributed by atoms with van der Waals surface area (Å²) >= 11 is 0. The van der Waals surface area contributed by atoms with Crippen molar-refractivity contribution >= 4 is 15.8 Å². The third kappa shape index (κ3) is 5.83. The number of ether oxygens (including phenoxy) is 1. The van der Waals surface area contributed by atoms with E-state index in [1.54, 1.807) is 12.2 Å². The van der Waals surface area contributed by atoms with Crippen LogP contribution in [0.15, 0.2) is 12.2 Å². The molecule has 1 heterocycles. The lowest BCUT2D eigenvalue weighted by Crippen LogP contribution is -2.41. The van der Waals surface area contributed by atoms with Gasteiger partial charge in [0.05, 0.1) is 17.9 Å². The summed E-state index contributed by atoms with van der Waals surface area (Å²) in [6.45, 7) is 3.86. The summed E-state index contributed by atoms with van der Waals surface area (Å²) in [5.41, 5.74) is 0. The highest BCUT2D eigenvalue weighted by Crippen LogP contribution is 2.03. The molecule has 0 spiro atoms. The van der Waals surface area contributed by atoms with Crippen LogP contribution in [-0.4, -0.2) is 57.0 Å². The van der Waals surface area contributed by atoms with Crippen LogP contribution in [0.4, 0.5) is 0 Å². The zero-order valence-corrected chi connectivity index (χ0v) is 10.9. The molecule has 0 aliphatic carbocycles. The summed E-state index contributed by atoms with van der Waals surface area (Å²) in [6.07, 6.45) is 3.84. The zero-order valence-electron chi connectivity index (χ0n) is 10.1. The molecule has 0 aromatic rings. The number of sulfone groups is 1. The normalized spacial score (nSPS) is 20.5. The maximum Gasteiger partial charge on any atom is 0.309 e. The molecule has 98 valence electrons. The molecule has 0 atom stereocenters. The van der Waals surface area contributed by atoms with Crippen LogP contribution < -0.4 is 0 Å². The van der Waals surface area contributed by atoms with Gasteiger partial charge in [-0.05, 0) is 6.92 Å². The summed E-state index contributed by atoms with van der Waals surface area (Å²) in [7, 11) is -2.83. The standard InChI is InChI=1S/C11H19NO4S/c1-2-3-4-11(13)16-8-5-12-6-9-17(14,15)10-7-12/h2-3H,4-10H2,1H3. The monoisotopic (exact) mass is 261 g/mol. The first-order valence-electron chi connectivity index (χ1n) is 5.73. The molecule has 0 N–H and O–H groups in total. The van der Waals surface area contributed by atoms with Gasteiger partial charge in [0.25, 0.3) is 0 Å². The highest BCUT2D eigenvalue weighted by atomic mass is 32.2. The van der Waals surface area contributed by atoms with Crippen molar-refractivity contribution in [3.63, 3.8) is 0 Å². The van der Waals surface area contributed by atoms with E-state index in [0.29, 0.717) is 32.7 Å². The SMILES string of the molecule is CC=CCC(=O)OCCN1CCS(=O)(=O)CC1. The van der Waals surface area contributed by atoms with Gasteiger partial charge in [0.2, 0.25) is 0 Å². The van der Waals surface area contributed by atoms with Crippen molar-refractivity contribution in [2.75, 3.05) is 37.7 Å². The van der Waals surface area contributed by atoms with Gasteiger partial charge >= 0.3 is 5.97 Å². The number of rotatable bonds is 5. The molecule has 17 heavy (non-hydrogen) atoms. The average Bonchev–Trinajstić information content (AvgIpc) is 2.29. The molecule has 0 aromatic heterocycles. The Kier molecular flexibility index (Phi) is 5.64. The van der Waals surface area contributed by atoms with E-state index < -0.39 is 9.84 Å². The number of nitrogens with zero attached hydrogens (tertiary/aromatic N) is 1. The number of esters is 1. The fraction of sp³-hybridized carbons (Fsp3) is 0.727. The predicted molar refractivity (Wildman–Crippen MR) is 65.5 cm³/mol. The van der Waals surface area contributed by atoms with E-state index in [0.717, 1.165) is 0 Å². The predicted octanol–water partition coefficient (Wildman–Crippen LogP) is 0.226. The highest BCUT2D eigenvalue weighted by molar-refractivity contribution is 7.91. The topological polar surface area (TPSA) is 63.7 Å². The van der Waals surface area contributed by atoms with Crippen molar-refractivity contribution in [2.24, 2.45) is 0 Å². The molecule has 0 bridgehead atoms. The third-order valence-corrected chi connectivity index (χ3v) is 4.24. The molecule has 0 aromatic carbocycles. The van der Waals surface area contributed by atoms with E-state index in [-0.39, 0.29) is 17.5 Å². The highest BCUT2D eigenvalue weighted by Gasteiger charge is 2.21. The fourth-order valence-corrected chi connectivity index (χ4v) is 2.81. The molecule has 1 aliphatic heterocycles. The molecular weight excluding hydrogens is 242 g/mol. The van der Waals surface area contributed by atoms with Crippen LogP contribution in [0.25, 0.3) is 0 Å². The minimum atomic E-state index is -2.83. The summed E-state index contributed by atoms with van der Waals surface area (Å²) in [6, 6.07) is 0. The van der Waals surface area contributed by atoms with Gasteiger partial charge in [0.1, 0.15) is 6.61 Å². The molecule has 6 heteroatoms. The molecule has 1 fully saturated rings. The quantitative estimate of drug-likeness (QED) is 0.523. The number of carbonyl (C=O) groups excluding carboxylic acids is 1. The Balaban J connectivity index is 2.14. The van der Waals surface area contributed by atoms with Crippen LogP contribution in [0.1, 0.15) is 13.3 Å². The summed E-state index contributed by atoms with van der Waals surface area (Å²) in [4.78, 5) is 13.2. The molecule has 1 aliphatic rings. The third-order valence-electron chi connectivity index (χ3n) is 2.63. The van der Waals surface area contributed by atoms with E-state index in [2.05, 4.69) is 0 Å². The van der Waals surface area contributed by atoms with Crippen molar-refractivity contribution in [3.8, 4) is 0 Å². The van der Waals surface area contributed by atoms with Crippen molar-refractivity contribution in [1.82, 2.24) is 4.90 Å². The van der Waals surface area contributed by atoms with Gasteiger partial charge in [0.15, 0.2) is 9.84 Å². The van der Waals surface area contributed by atoms with Crippen LogP contribution in [0.2, 0.25) is 0 Å². The van der Waals surface area contributed by atoms with Gasteiger partial charge in [0, 0.05) is 19.6 Å². The molecule has 0 amide bonds. The molecule has 0 unspecified atom stereocenters. The maximum atomic E-state index is 11.2. The van der Waals surface area contributed by atoms with Gasteiger partial charge in [-0.1, -0.05) is 12.2 Å². The Bertz CT molecular complexity index is 361. The summed E-state index contributed by atoms with van der Waals surface area (Å²) in [5.74, 6) is 0.173. The van der Waals surface area contributed by atoms with Crippen molar-refractivity contribution in [3.05, 3.63) is 12.2 Å². The number of hydrogen-bond donors (Lipinski definition) is 0. The second-order valence-corrected chi connectivity index (χ2v) is 6.29. The Morgan fingerprint density at radius 1 is 1.35 bits per heavy atom. The van der Waals surface area contributed by atoms with E-state index in [1.807, 2.05) is 11.8 Å². The van der Waals surface area contributed by atoms with E-state index >= 15 is 0 Å². The Morgan fingerprint density at radius 3 is 2.59 bits per heavy atom. The van der Waals surface area contributed by atoms with Gasteiger partial charge in [-0.25, -0.2) is 8.42 Å². The second-order valence-electron chi connectivity index (χ2n) is 3.99. The summed E-state index contributed by atoms with van der Waals surface area (Å²) < 4.78 is 27.4. The lowest BCUT2D eigenvalue weighted by Gasteiger charge is -2.25. The lowest BCUT2D eigenvalue weighted by atomic mass is 10.4.